The Morgan fingerprint density at radius 2 is 1.93 bits per heavy atom. The number of nitrogens with zero attached hydrogens (tertiary/aromatic N) is 1. The molecule has 0 atom stereocenters. The molecule has 1 aromatic rings. The van der Waals surface area contributed by atoms with Crippen molar-refractivity contribution in [1.29, 1.82) is 0 Å². The van der Waals surface area contributed by atoms with Crippen LogP contribution in [0, 0.1) is 0 Å². The number of rotatable bonds is 1. The Morgan fingerprint density at radius 1 is 1.21 bits per heavy atom. The van der Waals surface area contributed by atoms with Crippen molar-refractivity contribution in [2.75, 3.05) is 18.0 Å². The van der Waals surface area contributed by atoms with Crippen molar-refractivity contribution < 1.29 is 0 Å². The van der Waals surface area contributed by atoms with Gasteiger partial charge in [-0.3, -0.25) is 4.79 Å². The van der Waals surface area contributed by atoms with E-state index < -0.39 is 0 Å². The SMILES string of the molecule is O=c1cc(Cl)sc(N2CCCCC2)c1. The van der Waals surface area contributed by atoms with Crippen LogP contribution in [-0.2, 0) is 0 Å². The van der Waals surface area contributed by atoms with Crippen LogP contribution < -0.4 is 10.3 Å². The Kier molecular flexibility index (Phi) is 3.08. The quantitative estimate of drug-likeness (QED) is 0.738. The highest BCUT2D eigenvalue weighted by Crippen LogP contribution is 2.27. The molecule has 0 aromatic carbocycles. The Bertz CT molecular complexity index is 371. The minimum Gasteiger partial charge on any atom is -0.363 e. The van der Waals surface area contributed by atoms with E-state index in [1.54, 1.807) is 6.07 Å². The maximum absolute atomic E-state index is 11.2. The van der Waals surface area contributed by atoms with Crippen LogP contribution in [0.5, 0.6) is 0 Å². The number of hydrogen-bond donors (Lipinski definition) is 0. The van der Waals surface area contributed by atoms with E-state index in [0.29, 0.717) is 4.34 Å². The van der Waals surface area contributed by atoms with Crippen LogP contribution in [0.4, 0.5) is 5.00 Å². The van der Waals surface area contributed by atoms with Gasteiger partial charge < -0.3 is 4.90 Å². The summed E-state index contributed by atoms with van der Waals surface area (Å²) in [5.74, 6) is 0. The smallest absolute Gasteiger partial charge is 0.183 e. The van der Waals surface area contributed by atoms with Gasteiger partial charge in [-0.25, -0.2) is 0 Å². The molecule has 0 bridgehead atoms. The minimum atomic E-state index is 0.00863. The molecular formula is C10H12ClNOS. The van der Waals surface area contributed by atoms with Crippen LogP contribution in [0.2, 0.25) is 4.34 Å². The number of hydrogen-bond acceptors (Lipinski definition) is 3. The standard InChI is InChI=1S/C10H12ClNOS/c11-9-6-8(13)7-10(14-9)12-4-2-1-3-5-12/h6-7H,1-5H2. The first-order valence-corrected chi connectivity index (χ1v) is 6.01. The van der Waals surface area contributed by atoms with Crippen molar-refractivity contribution in [2.24, 2.45) is 0 Å². The van der Waals surface area contributed by atoms with Crippen LogP contribution >= 0.6 is 22.9 Å². The highest BCUT2D eigenvalue weighted by molar-refractivity contribution is 7.19. The Balaban J connectivity index is 2.26. The van der Waals surface area contributed by atoms with E-state index in [0.717, 1.165) is 18.1 Å². The van der Waals surface area contributed by atoms with Crippen molar-refractivity contribution in [3.63, 3.8) is 0 Å². The zero-order valence-electron chi connectivity index (χ0n) is 7.83. The molecule has 0 amide bonds. The lowest BCUT2D eigenvalue weighted by Crippen LogP contribution is -2.29. The molecule has 76 valence electrons. The van der Waals surface area contributed by atoms with Gasteiger partial charge in [0.05, 0.1) is 9.34 Å². The second kappa shape index (κ2) is 4.32. The summed E-state index contributed by atoms with van der Waals surface area (Å²) >= 11 is 7.35. The largest absolute Gasteiger partial charge is 0.363 e. The Hall–Kier alpha value is -0.540. The van der Waals surface area contributed by atoms with E-state index in [2.05, 4.69) is 4.90 Å². The van der Waals surface area contributed by atoms with Gasteiger partial charge in [0, 0.05) is 25.2 Å². The molecule has 1 aliphatic heterocycles. The molecule has 14 heavy (non-hydrogen) atoms. The molecule has 0 aliphatic carbocycles. The topological polar surface area (TPSA) is 20.3 Å². The summed E-state index contributed by atoms with van der Waals surface area (Å²) in [6.45, 7) is 2.10. The molecular weight excluding hydrogens is 218 g/mol. The predicted molar refractivity (Wildman–Crippen MR) is 61.7 cm³/mol. The molecule has 2 rings (SSSR count). The van der Waals surface area contributed by atoms with E-state index in [1.807, 2.05) is 0 Å². The molecule has 0 spiro atoms. The van der Waals surface area contributed by atoms with Gasteiger partial charge in [-0.15, -0.1) is 11.3 Å². The summed E-state index contributed by atoms with van der Waals surface area (Å²) in [6.07, 6.45) is 3.73. The molecule has 2 heterocycles. The van der Waals surface area contributed by atoms with Gasteiger partial charge in [-0.2, -0.15) is 0 Å². The van der Waals surface area contributed by atoms with Gasteiger partial charge in [0.1, 0.15) is 0 Å². The molecule has 0 N–H and O–H groups in total. The van der Waals surface area contributed by atoms with E-state index in [1.165, 1.54) is 36.7 Å². The normalized spacial score (nSPS) is 17.1. The molecule has 4 heteroatoms. The number of anilines is 1. The average molecular weight is 230 g/mol. The Morgan fingerprint density at radius 3 is 2.57 bits per heavy atom. The monoisotopic (exact) mass is 229 g/mol. The van der Waals surface area contributed by atoms with Crippen LogP contribution in [0.25, 0.3) is 0 Å². The zero-order chi connectivity index (χ0) is 9.97. The van der Waals surface area contributed by atoms with Crippen molar-refractivity contribution in [3.8, 4) is 0 Å². The molecule has 0 unspecified atom stereocenters. The fraction of sp³-hybridized carbons (Fsp3) is 0.500. The molecule has 1 fully saturated rings. The molecule has 1 aromatic heterocycles. The van der Waals surface area contributed by atoms with E-state index in [4.69, 9.17) is 11.6 Å². The van der Waals surface area contributed by atoms with Crippen LogP contribution in [-0.4, -0.2) is 13.1 Å². The van der Waals surface area contributed by atoms with Crippen molar-refractivity contribution >= 4 is 27.9 Å². The lowest BCUT2D eigenvalue weighted by Gasteiger charge is -2.27. The maximum atomic E-state index is 11.2. The van der Waals surface area contributed by atoms with Crippen molar-refractivity contribution in [1.82, 2.24) is 0 Å². The third kappa shape index (κ3) is 2.28. The van der Waals surface area contributed by atoms with Crippen LogP contribution in [0.15, 0.2) is 16.9 Å². The van der Waals surface area contributed by atoms with Gasteiger partial charge in [0.25, 0.3) is 0 Å². The van der Waals surface area contributed by atoms with Gasteiger partial charge >= 0.3 is 0 Å². The van der Waals surface area contributed by atoms with Gasteiger partial charge in [0.15, 0.2) is 5.43 Å². The second-order valence-corrected chi connectivity index (χ2v) is 5.18. The fourth-order valence-electron chi connectivity index (χ4n) is 1.70. The van der Waals surface area contributed by atoms with Gasteiger partial charge in [0.2, 0.25) is 0 Å². The maximum Gasteiger partial charge on any atom is 0.183 e. The predicted octanol–water partition coefficient (Wildman–Crippen LogP) is 2.75. The highest BCUT2D eigenvalue weighted by atomic mass is 35.5. The van der Waals surface area contributed by atoms with E-state index >= 15 is 0 Å². The summed E-state index contributed by atoms with van der Waals surface area (Å²) in [6, 6.07) is 3.15. The van der Waals surface area contributed by atoms with E-state index in [9.17, 15) is 4.79 Å². The summed E-state index contributed by atoms with van der Waals surface area (Å²) < 4.78 is 0.582. The first-order chi connectivity index (χ1) is 6.75. The third-order valence-corrected chi connectivity index (χ3v) is 3.63. The van der Waals surface area contributed by atoms with E-state index in [-0.39, 0.29) is 5.43 Å². The zero-order valence-corrected chi connectivity index (χ0v) is 9.40. The summed E-state index contributed by atoms with van der Waals surface area (Å²) in [7, 11) is 0. The molecule has 0 radical (unpaired) electrons. The van der Waals surface area contributed by atoms with Crippen molar-refractivity contribution in [2.45, 2.75) is 19.3 Å². The third-order valence-electron chi connectivity index (χ3n) is 2.39. The van der Waals surface area contributed by atoms with Gasteiger partial charge in [-0.05, 0) is 19.3 Å². The molecule has 1 aliphatic rings. The van der Waals surface area contributed by atoms with Crippen LogP contribution in [0.3, 0.4) is 0 Å². The van der Waals surface area contributed by atoms with Crippen molar-refractivity contribution in [3.05, 3.63) is 26.7 Å². The Labute approximate surface area is 92.1 Å². The first kappa shape index (κ1) is 9.99. The van der Waals surface area contributed by atoms with Gasteiger partial charge in [-0.1, -0.05) is 11.6 Å². The average Bonchev–Trinajstić information content (AvgIpc) is 2.18. The summed E-state index contributed by atoms with van der Waals surface area (Å²) in [5.41, 5.74) is 0.00863. The minimum absolute atomic E-state index is 0.00863. The summed E-state index contributed by atoms with van der Waals surface area (Å²) in [5, 5.41) is 1.02. The summed E-state index contributed by atoms with van der Waals surface area (Å²) in [4.78, 5) is 13.5. The number of halogens is 1. The lowest BCUT2D eigenvalue weighted by molar-refractivity contribution is 0.580. The lowest BCUT2D eigenvalue weighted by atomic mass is 10.1. The fourth-order valence-corrected chi connectivity index (χ4v) is 2.91. The molecule has 2 nitrogen and oxygen atoms in total. The second-order valence-electron chi connectivity index (χ2n) is 3.48. The molecule has 0 saturated carbocycles. The highest BCUT2D eigenvalue weighted by Gasteiger charge is 2.12. The van der Waals surface area contributed by atoms with Crippen LogP contribution in [0.1, 0.15) is 19.3 Å². The number of piperidine rings is 1. The molecule has 1 saturated heterocycles. The first-order valence-electron chi connectivity index (χ1n) is 4.81.